The first kappa shape index (κ1) is 23.6. The summed E-state index contributed by atoms with van der Waals surface area (Å²) < 4.78 is 64.0. The van der Waals surface area contributed by atoms with Gasteiger partial charge in [-0.1, -0.05) is 60.2 Å². The molecule has 0 aliphatic carbocycles. The van der Waals surface area contributed by atoms with Gasteiger partial charge in [0.05, 0.1) is 17.1 Å². The Morgan fingerprint density at radius 1 is 0.971 bits per heavy atom. The second kappa shape index (κ2) is 9.02. The number of carbonyl (C=O) groups excluding carboxylic acids is 1. The number of fused-ring (bicyclic) bond motifs is 1. The lowest BCUT2D eigenvalue weighted by atomic mass is 9.95. The van der Waals surface area contributed by atoms with Crippen molar-refractivity contribution in [2.45, 2.75) is 24.4 Å². The summed E-state index contributed by atoms with van der Waals surface area (Å²) in [7, 11) is -4.17. The maximum atomic E-state index is 15.8. The van der Waals surface area contributed by atoms with Crippen LogP contribution < -0.4 is 4.31 Å². The Kier molecular flexibility index (Phi) is 6.27. The largest absolute Gasteiger partial charge is 0.458 e. The summed E-state index contributed by atoms with van der Waals surface area (Å²) in [5.41, 5.74) is -1.55. The Labute approximate surface area is 197 Å². The summed E-state index contributed by atoms with van der Waals surface area (Å²) >= 11 is 0. The molecule has 0 radical (unpaired) electrons. The molecule has 0 amide bonds. The molecule has 0 saturated heterocycles. The number of alkyl halides is 1. The van der Waals surface area contributed by atoms with E-state index < -0.39 is 34.1 Å². The van der Waals surface area contributed by atoms with E-state index in [1.807, 2.05) is 6.92 Å². The normalized spacial score (nSPS) is 20.6. The fraction of sp³-hybridized carbons (Fsp3) is 0.192. The smallest absolute Gasteiger partial charge is 0.348 e. The van der Waals surface area contributed by atoms with E-state index >= 15 is 4.39 Å². The van der Waals surface area contributed by atoms with Gasteiger partial charge in [-0.15, -0.1) is 0 Å². The number of nitrogens with zero attached hydrogens (tertiary/aromatic N) is 1. The van der Waals surface area contributed by atoms with Crippen LogP contribution >= 0.6 is 0 Å². The highest BCUT2D eigenvalue weighted by atomic mass is 32.2. The zero-order chi connectivity index (χ0) is 24.5. The molecule has 34 heavy (non-hydrogen) atoms. The topological polar surface area (TPSA) is 63.7 Å². The van der Waals surface area contributed by atoms with Crippen LogP contribution in [-0.2, 0) is 25.2 Å². The molecule has 3 aromatic carbocycles. The molecule has 0 aromatic heterocycles. The molecule has 1 aliphatic heterocycles. The lowest BCUT2D eigenvalue weighted by molar-refractivity contribution is -0.155. The molecule has 4 rings (SSSR count). The van der Waals surface area contributed by atoms with Crippen molar-refractivity contribution in [3.8, 4) is 0 Å². The summed E-state index contributed by atoms with van der Waals surface area (Å²) in [6.07, 6.45) is 1.48. The lowest BCUT2D eigenvalue weighted by Crippen LogP contribution is -2.37. The number of anilines is 1. The van der Waals surface area contributed by atoms with E-state index in [2.05, 4.69) is 0 Å². The van der Waals surface area contributed by atoms with Crippen molar-refractivity contribution in [2.75, 3.05) is 17.5 Å². The van der Waals surface area contributed by atoms with Crippen molar-refractivity contribution in [1.29, 1.82) is 0 Å². The fourth-order valence-electron chi connectivity index (χ4n) is 3.80. The molecule has 0 bridgehead atoms. The van der Waals surface area contributed by atoms with Crippen molar-refractivity contribution in [2.24, 2.45) is 0 Å². The Morgan fingerprint density at radius 3 is 2.32 bits per heavy atom. The van der Waals surface area contributed by atoms with Crippen LogP contribution in [0.2, 0.25) is 0 Å². The molecule has 8 heteroatoms. The van der Waals surface area contributed by atoms with E-state index in [1.54, 1.807) is 24.3 Å². The van der Waals surface area contributed by atoms with E-state index in [1.165, 1.54) is 54.6 Å². The summed E-state index contributed by atoms with van der Waals surface area (Å²) in [4.78, 5) is 12.8. The zero-order valence-electron chi connectivity index (χ0n) is 18.7. The summed E-state index contributed by atoms with van der Waals surface area (Å²) in [5, 5.41) is 0. The fourth-order valence-corrected chi connectivity index (χ4v) is 5.23. The molecule has 176 valence electrons. The third kappa shape index (κ3) is 4.33. The maximum Gasteiger partial charge on any atom is 0.348 e. The highest BCUT2D eigenvalue weighted by Gasteiger charge is 2.42. The van der Waals surface area contributed by atoms with Crippen LogP contribution in [0.1, 0.15) is 23.6 Å². The SMILES string of the molecule is Cc1ccc(S(=O)(=O)N2C/C=C(/c3ccccc3F)COC(=O)C(C)(F)c3ccccc32)cc1. The minimum absolute atomic E-state index is 0.00365. The highest BCUT2D eigenvalue weighted by Crippen LogP contribution is 2.38. The van der Waals surface area contributed by atoms with Gasteiger partial charge in [0.1, 0.15) is 12.4 Å². The number of esters is 1. The maximum absolute atomic E-state index is 15.8. The van der Waals surface area contributed by atoms with Crippen molar-refractivity contribution in [1.82, 2.24) is 0 Å². The zero-order valence-corrected chi connectivity index (χ0v) is 19.5. The molecule has 0 saturated carbocycles. The second-order valence-electron chi connectivity index (χ2n) is 8.15. The number of hydrogen-bond acceptors (Lipinski definition) is 4. The van der Waals surface area contributed by atoms with Gasteiger partial charge < -0.3 is 4.74 Å². The number of carbonyl (C=O) groups is 1. The van der Waals surface area contributed by atoms with Gasteiger partial charge in [0.2, 0.25) is 5.67 Å². The van der Waals surface area contributed by atoms with E-state index in [4.69, 9.17) is 4.74 Å². The number of ether oxygens (including phenoxy) is 1. The first-order valence-electron chi connectivity index (χ1n) is 10.6. The van der Waals surface area contributed by atoms with Crippen LogP contribution in [0.25, 0.3) is 5.57 Å². The van der Waals surface area contributed by atoms with Gasteiger partial charge in [-0.3, -0.25) is 4.31 Å². The Hall–Kier alpha value is -3.52. The number of cyclic esters (lactones) is 1. The lowest BCUT2D eigenvalue weighted by Gasteiger charge is -2.30. The second-order valence-corrected chi connectivity index (χ2v) is 10.0. The van der Waals surface area contributed by atoms with Crippen molar-refractivity contribution in [3.05, 3.63) is 101 Å². The average Bonchev–Trinajstić information content (AvgIpc) is 2.81. The van der Waals surface area contributed by atoms with E-state index in [9.17, 15) is 17.6 Å². The van der Waals surface area contributed by atoms with Crippen LogP contribution in [-0.4, -0.2) is 27.5 Å². The predicted octanol–water partition coefficient (Wildman–Crippen LogP) is 5.15. The van der Waals surface area contributed by atoms with Crippen molar-refractivity contribution in [3.63, 3.8) is 0 Å². The number of para-hydroxylation sites is 1. The monoisotopic (exact) mass is 483 g/mol. The molecular formula is C26H23F2NO4S. The minimum Gasteiger partial charge on any atom is -0.458 e. The molecule has 1 atom stereocenters. The van der Waals surface area contributed by atoms with E-state index in [0.29, 0.717) is 0 Å². The molecule has 1 heterocycles. The number of hydrogen-bond donors (Lipinski definition) is 0. The summed E-state index contributed by atoms with van der Waals surface area (Å²) in [6, 6.07) is 18.0. The van der Waals surface area contributed by atoms with E-state index in [0.717, 1.165) is 16.8 Å². The standard InChI is InChI=1S/C26H23F2NO4S/c1-18-11-13-20(14-12-18)34(31,32)29-16-15-19(21-7-3-5-9-23(21)27)17-33-25(30)26(2,28)22-8-4-6-10-24(22)29/h3-15H,16-17H2,1-2H3/b19-15+. The van der Waals surface area contributed by atoms with Crippen LogP contribution in [0.15, 0.2) is 83.8 Å². The predicted molar refractivity (Wildman–Crippen MR) is 126 cm³/mol. The van der Waals surface area contributed by atoms with Crippen molar-refractivity contribution >= 4 is 27.3 Å². The third-order valence-electron chi connectivity index (χ3n) is 5.75. The van der Waals surface area contributed by atoms with Crippen LogP contribution in [0.4, 0.5) is 14.5 Å². The molecule has 1 aliphatic rings. The van der Waals surface area contributed by atoms with Gasteiger partial charge >= 0.3 is 5.97 Å². The number of rotatable bonds is 3. The Balaban J connectivity index is 1.94. The van der Waals surface area contributed by atoms with Crippen LogP contribution in [0.3, 0.4) is 0 Å². The molecule has 0 N–H and O–H groups in total. The molecule has 5 nitrogen and oxygen atoms in total. The number of halogens is 2. The quantitative estimate of drug-likeness (QED) is 0.483. The van der Waals surface area contributed by atoms with Gasteiger partial charge in [0.15, 0.2) is 0 Å². The number of benzene rings is 3. The van der Waals surface area contributed by atoms with Gasteiger partial charge in [-0.2, -0.15) is 0 Å². The van der Waals surface area contributed by atoms with Gasteiger partial charge in [-0.05, 0) is 43.7 Å². The molecule has 3 aromatic rings. The van der Waals surface area contributed by atoms with Gasteiger partial charge in [0.25, 0.3) is 10.0 Å². The van der Waals surface area contributed by atoms with Crippen LogP contribution in [0, 0.1) is 12.7 Å². The average molecular weight is 484 g/mol. The van der Waals surface area contributed by atoms with Gasteiger partial charge in [-0.25, -0.2) is 22.0 Å². The first-order valence-corrected chi connectivity index (χ1v) is 12.1. The molecule has 0 spiro atoms. The Morgan fingerprint density at radius 2 is 1.62 bits per heavy atom. The highest BCUT2D eigenvalue weighted by molar-refractivity contribution is 7.92. The Bertz CT molecular complexity index is 1370. The van der Waals surface area contributed by atoms with Crippen LogP contribution in [0.5, 0.6) is 0 Å². The molecule has 1 unspecified atom stereocenters. The number of aryl methyl sites for hydroxylation is 1. The minimum atomic E-state index is -4.17. The van der Waals surface area contributed by atoms with Crippen molar-refractivity contribution < 1.29 is 26.7 Å². The third-order valence-corrected chi connectivity index (χ3v) is 7.55. The first-order chi connectivity index (χ1) is 16.1. The summed E-state index contributed by atoms with van der Waals surface area (Å²) in [5.74, 6) is -1.77. The molecular weight excluding hydrogens is 460 g/mol. The number of sulfonamides is 1. The molecule has 0 fully saturated rings. The summed E-state index contributed by atoms with van der Waals surface area (Å²) in [6.45, 7) is 2.21. The van der Waals surface area contributed by atoms with Gasteiger partial charge in [0, 0.05) is 11.1 Å². The van der Waals surface area contributed by atoms with E-state index in [-0.39, 0.29) is 33.8 Å².